The van der Waals surface area contributed by atoms with Crippen molar-refractivity contribution >= 4 is 5.82 Å². The van der Waals surface area contributed by atoms with Crippen molar-refractivity contribution in [1.82, 2.24) is 15.1 Å². The molecule has 1 aromatic heterocycles. The SMILES string of the molecule is CC[C@@H](c1ccccc1)N1C=CN(c2cc(C3CC3)[nH]n2)C1. The van der Waals surface area contributed by atoms with Gasteiger partial charge >= 0.3 is 0 Å². The average Bonchev–Trinajstić information content (AvgIpc) is 3.10. The second-order valence-electron chi connectivity index (χ2n) is 6.21. The molecule has 0 spiro atoms. The maximum Gasteiger partial charge on any atom is 0.156 e. The lowest BCUT2D eigenvalue weighted by molar-refractivity contribution is 0.294. The summed E-state index contributed by atoms with van der Waals surface area (Å²) in [6, 6.07) is 13.4. The van der Waals surface area contributed by atoms with Crippen molar-refractivity contribution in [3.05, 3.63) is 60.1 Å². The minimum atomic E-state index is 0.421. The quantitative estimate of drug-likeness (QED) is 0.905. The zero-order chi connectivity index (χ0) is 14.9. The summed E-state index contributed by atoms with van der Waals surface area (Å²) in [5, 5.41) is 7.67. The summed E-state index contributed by atoms with van der Waals surface area (Å²) < 4.78 is 0. The van der Waals surface area contributed by atoms with Gasteiger partial charge in [-0.3, -0.25) is 5.10 Å². The van der Waals surface area contributed by atoms with Crippen LogP contribution in [-0.2, 0) is 0 Å². The normalized spacial score (nSPS) is 19.0. The Hall–Kier alpha value is -2.23. The topological polar surface area (TPSA) is 35.2 Å². The highest BCUT2D eigenvalue weighted by molar-refractivity contribution is 5.45. The Bertz CT molecular complexity index is 657. The lowest BCUT2D eigenvalue weighted by Crippen LogP contribution is -2.28. The van der Waals surface area contributed by atoms with E-state index in [-0.39, 0.29) is 0 Å². The highest BCUT2D eigenvalue weighted by Gasteiger charge is 2.28. The van der Waals surface area contributed by atoms with Gasteiger partial charge in [-0.05, 0) is 24.8 Å². The number of nitrogens with zero attached hydrogens (tertiary/aromatic N) is 3. The van der Waals surface area contributed by atoms with Crippen LogP contribution in [0.1, 0.15) is 49.4 Å². The van der Waals surface area contributed by atoms with Gasteiger partial charge in [-0.25, -0.2) is 0 Å². The number of rotatable bonds is 5. The number of hydrogen-bond acceptors (Lipinski definition) is 3. The smallest absolute Gasteiger partial charge is 0.156 e. The first-order chi connectivity index (χ1) is 10.8. The second kappa shape index (κ2) is 5.52. The van der Waals surface area contributed by atoms with E-state index < -0.39 is 0 Å². The summed E-state index contributed by atoms with van der Waals surface area (Å²) in [6.45, 7) is 3.11. The largest absolute Gasteiger partial charge is 0.351 e. The number of H-pyrrole nitrogens is 1. The molecule has 0 amide bonds. The number of aromatic nitrogens is 2. The van der Waals surface area contributed by atoms with E-state index in [2.05, 4.69) is 75.7 Å². The number of nitrogens with one attached hydrogen (secondary N) is 1. The van der Waals surface area contributed by atoms with Crippen LogP contribution in [0.15, 0.2) is 48.8 Å². The monoisotopic (exact) mass is 294 g/mol. The van der Waals surface area contributed by atoms with E-state index >= 15 is 0 Å². The summed E-state index contributed by atoms with van der Waals surface area (Å²) >= 11 is 0. The van der Waals surface area contributed by atoms with Gasteiger partial charge in [0.2, 0.25) is 0 Å². The van der Waals surface area contributed by atoms with Crippen LogP contribution in [0.4, 0.5) is 5.82 Å². The van der Waals surface area contributed by atoms with Crippen LogP contribution in [0.25, 0.3) is 0 Å². The van der Waals surface area contributed by atoms with Crippen molar-refractivity contribution in [2.24, 2.45) is 0 Å². The van der Waals surface area contributed by atoms with Gasteiger partial charge in [0.1, 0.15) is 0 Å². The maximum absolute atomic E-state index is 4.47. The molecule has 1 fully saturated rings. The van der Waals surface area contributed by atoms with Crippen LogP contribution >= 0.6 is 0 Å². The summed E-state index contributed by atoms with van der Waals surface area (Å²) in [6.07, 6.45) is 8.02. The average molecular weight is 294 g/mol. The van der Waals surface area contributed by atoms with Crippen LogP contribution in [0, 0.1) is 0 Å². The van der Waals surface area contributed by atoms with Gasteiger partial charge < -0.3 is 9.80 Å². The Morgan fingerprint density at radius 1 is 1.23 bits per heavy atom. The Morgan fingerprint density at radius 2 is 2.05 bits per heavy atom. The van der Waals surface area contributed by atoms with Gasteiger partial charge in [0.05, 0.1) is 12.7 Å². The molecule has 2 aromatic rings. The van der Waals surface area contributed by atoms with E-state index in [9.17, 15) is 0 Å². The molecule has 0 radical (unpaired) electrons. The molecule has 0 bridgehead atoms. The molecule has 1 N–H and O–H groups in total. The summed E-state index contributed by atoms with van der Waals surface area (Å²) in [5.41, 5.74) is 2.66. The van der Waals surface area contributed by atoms with Crippen LogP contribution in [-0.4, -0.2) is 21.8 Å². The standard InChI is InChI=1S/C18H22N4/c1-2-17(15-6-4-3-5-7-15)21-10-11-22(13-21)18-12-16(19-20-18)14-8-9-14/h3-7,10-12,14,17H,2,8-9,13H2,1H3,(H,19,20)/t17-/m0/s1. The summed E-state index contributed by atoms with van der Waals surface area (Å²) in [5.74, 6) is 1.75. The van der Waals surface area contributed by atoms with Gasteiger partial charge in [-0.15, -0.1) is 0 Å². The van der Waals surface area contributed by atoms with Gasteiger partial charge in [0.15, 0.2) is 5.82 Å². The van der Waals surface area contributed by atoms with Crippen molar-refractivity contribution in [1.29, 1.82) is 0 Å². The Morgan fingerprint density at radius 3 is 2.77 bits per heavy atom. The number of aromatic amines is 1. The lowest BCUT2D eigenvalue weighted by Gasteiger charge is -2.28. The Labute approximate surface area is 131 Å². The highest BCUT2D eigenvalue weighted by Crippen LogP contribution is 2.40. The molecule has 1 aromatic carbocycles. The van der Waals surface area contributed by atoms with Gasteiger partial charge in [0, 0.05) is 30.1 Å². The highest BCUT2D eigenvalue weighted by atomic mass is 15.4. The summed E-state index contributed by atoms with van der Waals surface area (Å²) in [4.78, 5) is 4.61. The first-order valence-electron chi connectivity index (χ1n) is 8.16. The van der Waals surface area contributed by atoms with Crippen molar-refractivity contribution in [2.45, 2.75) is 38.1 Å². The molecule has 22 heavy (non-hydrogen) atoms. The number of hydrogen-bond donors (Lipinski definition) is 1. The van der Waals surface area contributed by atoms with Crippen LogP contribution in [0.3, 0.4) is 0 Å². The molecule has 4 heteroatoms. The first kappa shape index (κ1) is 13.4. The number of benzene rings is 1. The molecule has 1 saturated carbocycles. The second-order valence-corrected chi connectivity index (χ2v) is 6.21. The fraction of sp³-hybridized carbons (Fsp3) is 0.389. The van der Waals surface area contributed by atoms with Crippen molar-refractivity contribution in [3.63, 3.8) is 0 Å². The molecular formula is C18H22N4. The Balaban J connectivity index is 1.48. The molecule has 1 aliphatic carbocycles. The van der Waals surface area contributed by atoms with E-state index in [4.69, 9.17) is 0 Å². The zero-order valence-electron chi connectivity index (χ0n) is 12.9. The third-order valence-electron chi connectivity index (χ3n) is 4.62. The van der Waals surface area contributed by atoms with Crippen molar-refractivity contribution < 1.29 is 0 Å². The maximum atomic E-state index is 4.47. The molecule has 0 saturated heterocycles. The van der Waals surface area contributed by atoms with Crippen LogP contribution in [0.5, 0.6) is 0 Å². The predicted octanol–water partition coefficient (Wildman–Crippen LogP) is 3.99. The van der Waals surface area contributed by atoms with Gasteiger partial charge in [-0.2, -0.15) is 5.10 Å². The molecule has 2 heterocycles. The number of anilines is 1. The van der Waals surface area contributed by atoms with Crippen molar-refractivity contribution in [3.8, 4) is 0 Å². The summed E-state index contributed by atoms with van der Waals surface area (Å²) in [7, 11) is 0. The molecular weight excluding hydrogens is 272 g/mol. The van der Waals surface area contributed by atoms with E-state index in [0.717, 1.165) is 24.8 Å². The molecule has 1 aliphatic heterocycles. The fourth-order valence-corrected chi connectivity index (χ4v) is 3.20. The molecule has 4 rings (SSSR count). The third kappa shape index (κ3) is 2.49. The van der Waals surface area contributed by atoms with Crippen LogP contribution < -0.4 is 4.90 Å². The first-order valence-corrected chi connectivity index (χ1v) is 8.16. The molecule has 1 atom stereocenters. The molecule has 4 nitrogen and oxygen atoms in total. The molecule has 0 unspecified atom stereocenters. The minimum Gasteiger partial charge on any atom is -0.351 e. The van der Waals surface area contributed by atoms with E-state index in [1.54, 1.807) is 0 Å². The van der Waals surface area contributed by atoms with Crippen molar-refractivity contribution in [2.75, 3.05) is 11.6 Å². The Kier molecular flexibility index (Phi) is 3.37. The lowest BCUT2D eigenvalue weighted by atomic mass is 10.0. The van der Waals surface area contributed by atoms with E-state index in [1.165, 1.54) is 24.1 Å². The minimum absolute atomic E-state index is 0.421. The fourth-order valence-electron chi connectivity index (χ4n) is 3.20. The van der Waals surface area contributed by atoms with Gasteiger partial charge in [0.25, 0.3) is 0 Å². The third-order valence-corrected chi connectivity index (χ3v) is 4.62. The van der Waals surface area contributed by atoms with E-state index in [0.29, 0.717) is 6.04 Å². The van der Waals surface area contributed by atoms with Crippen LogP contribution in [0.2, 0.25) is 0 Å². The predicted molar refractivity (Wildman–Crippen MR) is 88.4 cm³/mol. The molecule has 2 aliphatic rings. The molecule has 114 valence electrons. The van der Waals surface area contributed by atoms with Gasteiger partial charge in [-0.1, -0.05) is 37.3 Å². The zero-order valence-corrected chi connectivity index (χ0v) is 12.9. The van der Waals surface area contributed by atoms with E-state index in [1.807, 2.05) is 0 Å².